The van der Waals surface area contributed by atoms with Gasteiger partial charge in [-0.05, 0) is 83.8 Å². The molecule has 3 aromatic heterocycles. The lowest BCUT2D eigenvalue weighted by Crippen LogP contribution is -2.00. The van der Waals surface area contributed by atoms with Gasteiger partial charge in [0.25, 0.3) is 0 Å². The minimum absolute atomic E-state index is 0.0130. The average Bonchev–Trinajstić information content (AvgIpc) is 4.03. The van der Waals surface area contributed by atoms with Crippen LogP contribution >= 0.6 is 0 Å². The van der Waals surface area contributed by atoms with E-state index in [2.05, 4.69) is 0 Å². The van der Waals surface area contributed by atoms with Gasteiger partial charge < -0.3 is 13.7 Å². The van der Waals surface area contributed by atoms with Crippen molar-refractivity contribution < 1.29 is 27.4 Å². The largest absolute Gasteiger partial charge is 0.309 e. The third kappa shape index (κ3) is 4.06. The van der Waals surface area contributed by atoms with Crippen molar-refractivity contribution in [1.82, 2.24) is 13.7 Å². The van der Waals surface area contributed by atoms with Crippen LogP contribution in [0.2, 0.25) is 0 Å². The Morgan fingerprint density at radius 3 is 1.49 bits per heavy atom. The minimum atomic E-state index is -0.786. The molecule has 0 fully saturated rings. The standard InChI is InChI=1S/C48H31N3/c1-3-14-34(15-4-1)49-42-22-10-8-19-37(42)40-30-32(26-28-45(40)49)33-27-29-46-41(31-33)38-20-9-12-24-44(38)51(46)47-25-13-21-39-36-18-7-11-23-43(36)50(48(39)47)35-16-5-2-6-17-35/h1-31H/i7D,8D,9D,10D,11D,12D,13D,18D,19D,20D,21D,22D,23D,24D,25D,26D,27D,29D,30D,31D. The van der Waals surface area contributed by atoms with Gasteiger partial charge in [-0.1, -0.05) is 115 Å². The van der Waals surface area contributed by atoms with Crippen LogP contribution in [0, 0.1) is 0 Å². The molecule has 0 aliphatic heterocycles. The van der Waals surface area contributed by atoms with E-state index in [9.17, 15) is 13.7 Å². The molecule has 0 amide bonds. The molecule has 0 saturated carbocycles. The van der Waals surface area contributed by atoms with E-state index in [1.165, 1.54) is 15.2 Å². The topological polar surface area (TPSA) is 14.8 Å². The van der Waals surface area contributed by atoms with E-state index >= 15 is 0 Å². The molecular weight excluding hydrogens is 619 g/mol. The molecule has 0 saturated heterocycles. The highest BCUT2D eigenvalue weighted by atomic mass is 15.1. The maximum atomic E-state index is 9.99. The molecule has 8 aromatic carbocycles. The van der Waals surface area contributed by atoms with E-state index in [0.717, 1.165) is 4.57 Å². The second kappa shape index (κ2) is 10.8. The van der Waals surface area contributed by atoms with Crippen LogP contribution in [0.25, 0.3) is 93.6 Å². The maximum Gasteiger partial charge on any atom is 0.0782 e. The summed E-state index contributed by atoms with van der Waals surface area (Å²) >= 11 is 0. The number of rotatable bonds is 4. The van der Waals surface area contributed by atoms with Crippen LogP contribution in [0.15, 0.2) is 188 Å². The molecule has 0 aliphatic rings. The zero-order valence-corrected chi connectivity index (χ0v) is 26.2. The molecular formula is C48H31N3. The molecule has 51 heavy (non-hydrogen) atoms. The average molecular weight is 670 g/mol. The second-order valence-corrected chi connectivity index (χ2v) is 11.8. The molecule has 0 N–H and O–H groups in total. The number of benzene rings is 8. The van der Waals surface area contributed by atoms with Crippen molar-refractivity contribution in [2.75, 3.05) is 0 Å². The Hall–Kier alpha value is -6.84. The van der Waals surface area contributed by atoms with E-state index < -0.39 is 154 Å². The van der Waals surface area contributed by atoms with E-state index in [4.69, 9.17) is 13.7 Å². The molecule has 3 nitrogen and oxygen atoms in total. The zero-order chi connectivity index (χ0) is 50.9. The smallest absolute Gasteiger partial charge is 0.0782 e. The molecule has 0 unspecified atom stereocenters. The lowest BCUT2D eigenvalue weighted by atomic mass is 10.0. The van der Waals surface area contributed by atoms with Gasteiger partial charge in [0.05, 0.1) is 66.2 Å². The molecule has 11 rings (SSSR count). The summed E-state index contributed by atoms with van der Waals surface area (Å²) in [5.74, 6) is 0. The van der Waals surface area contributed by atoms with Crippen LogP contribution in [-0.2, 0) is 0 Å². The van der Waals surface area contributed by atoms with Gasteiger partial charge in [0.15, 0.2) is 0 Å². The van der Waals surface area contributed by atoms with E-state index in [-0.39, 0.29) is 54.7 Å². The van der Waals surface area contributed by atoms with Crippen LogP contribution in [0.1, 0.15) is 27.4 Å². The van der Waals surface area contributed by atoms with Crippen molar-refractivity contribution in [3.05, 3.63) is 188 Å². The fraction of sp³-hybridized carbons (Fsp3) is 0. The van der Waals surface area contributed by atoms with Crippen LogP contribution in [0.5, 0.6) is 0 Å². The summed E-state index contributed by atoms with van der Waals surface area (Å²) in [6, 6.07) is 5.02. The third-order valence-electron chi connectivity index (χ3n) is 9.10. The van der Waals surface area contributed by atoms with Gasteiger partial charge in [0.1, 0.15) is 0 Å². The number of fused-ring (bicyclic) bond motifs is 9. The first-order valence-electron chi connectivity index (χ1n) is 25.9. The molecule has 0 spiro atoms. The molecule has 0 bridgehead atoms. The molecule has 3 heteroatoms. The molecule has 238 valence electrons. The summed E-state index contributed by atoms with van der Waals surface area (Å²) in [6.45, 7) is 0. The Bertz CT molecular complexity index is 4270. The molecule has 0 atom stereocenters. The van der Waals surface area contributed by atoms with Gasteiger partial charge >= 0.3 is 0 Å². The number of hydrogen-bond donors (Lipinski definition) is 0. The SMILES string of the molecule is [2H]c1cc2c(c([2H])c1-c1c([2H])c([2H])c3c(c1[2H])c1c([2H])c([2H])c([2H])c([2H])c1n3-c1c([2H])c([2H])c([2H])c3c4c([2H])c([2H])c([2H])c([2H])c4n(-c4ccccc4)c13)c1c([2H])c([2H])c([2H])c([2H])c1n2-c1ccccc1. The van der Waals surface area contributed by atoms with Crippen molar-refractivity contribution in [3.63, 3.8) is 0 Å². The number of hydrogen-bond acceptors (Lipinski definition) is 0. The van der Waals surface area contributed by atoms with Gasteiger partial charge in [-0.3, -0.25) is 0 Å². The predicted octanol–water partition coefficient (Wildman–Crippen LogP) is 12.6. The van der Waals surface area contributed by atoms with E-state index in [1.807, 2.05) is 0 Å². The normalized spacial score (nSPS) is 17.4. The van der Waals surface area contributed by atoms with Crippen LogP contribution in [-0.4, -0.2) is 13.7 Å². The lowest BCUT2D eigenvalue weighted by molar-refractivity contribution is 1.13. The molecule has 0 aliphatic carbocycles. The lowest BCUT2D eigenvalue weighted by Gasteiger charge is -2.14. The van der Waals surface area contributed by atoms with Crippen LogP contribution in [0.3, 0.4) is 0 Å². The Labute approximate surface area is 322 Å². The van der Waals surface area contributed by atoms with Gasteiger partial charge in [-0.2, -0.15) is 0 Å². The highest BCUT2D eigenvalue weighted by Crippen LogP contribution is 2.41. The number of nitrogens with zero attached hydrogens (tertiary/aromatic N) is 3. The third-order valence-corrected chi connectivity index (χ3v) is 9.10. The van der Waals surface area contributed by atoms with Crippen molar-refractivity contribution in [3.8, 4) is 28.2 Å². The van der Waals surface area contributed by atoms with Crippen molar-refractivity contribution in [2.24, 2.45) is 0 Å². The Morgan fingerprint density at radius 1 is 0.333 bits per heavy atom. The summed E-state index contributed by atoms with van der Waals surface area (Å²) in [5, 5.41) is -1.38. The summed E-state index contributed by atoms with van der Waals surface area (Å²) in [4.78, 5) is 0. The number of aromatic nitrogens is 3. The monoisotopic (exact) mass is 669 g/mol. The van der Waals surface area contributed by atoms with Gasteiger partial charge in [0, 0.05) is 43.7 Å². The van der Waals surface area contributed by atoms with Crippen molar-refractivity contribution in [1.29, 1.82) is 0 Å². The fourth-order valence-corrected chi connectivity index (χ4v) is 6.97. The van der Waals surface area contributed by atoms with Gasteiger partial charge in [-0.15, -0.1) is 0 Å². The Kier molecular flexibility index (Phi) is 3.18. The van der Waals surface area contributed by atoms with E-state index in [0.29, 0.717) is 5.69 Å². The maximum absolute atomic E-state index is 9.99. The molecule has 0 radical (unpaired) electrons. The quantitative estimate of drug-likeness (QED) is 0.177. The minimum Gasteiger partial charge on any atom is -0.309 e. The summed E-state index contributed by atoms with van der Waals surface area (Å²) < 4.78 is 188. The van der Waals surface area contributed by atoms with E-state index in [1.54, 1.807) is 60.7 Å². The first kappa shape index (κ1) is 15.0. The fourth-order valence-electron chi connectivity index (χ4n) is 6.97. The Balaban J connectivity index is 1.37. The highest BCUT2D eigenvalue weighted by molar-refractivity contribution is 6.16. The first-order chi connectivity index (χ1) is 33.7. The zero-order valence-electron chi connectivity index (χ0n) is 46.2. The van der Waals surface area contributed by atoms with Crippen molar-refractivity contribution >= 4 is 65.4 Å². The molecule has 3 heterocycles. The summed E-state index contributed by atoms with van der Waals surface area (Å²) in [6.07, 6.45) is 0. The summed E-state index contributed by atoms with van der Waals surface area (Å²) in [5.41, 5.74) is -1.76. The summed E-state index contributed by atoms with van der Waals surface area (Å²) in [7, 11) is 0. The van der Waals surface area contributed by atoms with Crippen molar-refractivity contribution in [2.45, 2.75) is 0 Å². The second-order valence-electron chi connectivity index (χ2n) is 11.8. The molecule has 11 aromatic rings. The predicted molar refractivity (Wildman–Crippen MR) is 215 cm³/mol. The first-order valence-corrected chi connectivity index (χ1v) is 15.9. The Morgan fingerprint density at radius 2 is 0.824 bits per heavy atom. The van der Waals surface area contributed by atoms with Crippen LogP contribution < -0.4 is 0 Å². The number of para-hydroxylation sites is 6. The van der Waals surface area contributed by atoms with Gasteiger partial charge in [0.2, 0.25) is 0 Å². The highest BCUT2D eigenvalue weighted by Gasteiger charge is 2.20. The van der Waals surface area contributed by atoms with Gasteiger partial charge in [-0.25, -0.2) is 0 Å². The van der Waals surface area contributed by atoms with Crippen LogP contribution in [0.4, 0.5) is 0 Å².